The smallest absolute Gasteiger partial charge is 0.203 e. The molecule has 0 unspecified atom stereocenters. The summed E-state index contributed by atoms with van der Waals surface area (Å²) in [6.45, 7) is -0.557. The summed E-state index contributed by atoms with van der Waals surface area (Å²) in [6, 6.07) is 3.00. The third kappa shape index (κ3) is 2.25. The van der Waals surface area contributed by atoms with E-state index in [-0.39, 0.29) is 0 Å². The number of ketones is 1. The van der Waals surface area contributed by atoms with Crippen molar-refractivity contribution in [2.24, 2.45) is 0 Å². The highest BCUT2D eigenvalue weighted by atomic mass is 16.5. The van der Waals surface area contributed by atoms with Crippen LogP contribution in [0.3, 0.4) is 0 Å². The molecule has 0 bridgehead atoms. The minimum Gasteiger partial charge on any atom is -0.493 e. The Labute approximate surface area is 93.6 Å². The second-order valence-electron chi connectivity index (χ2n) is 3.00. The molecule has 0 spiro atoms. The Morgan fingerprint density at radius 3 is 1.94 bits per heavy atom. The third-order valence-electron chi connectivity index (χ3n) is 2.13. The van der Waals surface area contributed by atoms with Crippen LogP contribution in [-0.4, -0.2) is 38.8 Å². The molecular formula is C11H14O5. The molecule has 0 radical (unpaired) electrons. The molecule has 0 aromatic heterocycles. The molecule has 0 atom stereocenters. The van der Waals surface area contributed by atoms with Crippen molar-refractivity contribution in [2.75, 3.05) is 27.9 Å². The van der Waals surface area contributed by atoms with Gasteiger partial charge in [-0.25, -0.2) is 0 Å². The molecule has 88 valence electrons. The molecule has 0 amide bonds. The van der Waals surface area contributed by atoms with Crippen LogP contribution < -0.4 is 14.2 Å². The van der Waals surface area contributed by atoms with Crippen LogP contribution in [0.25, 0.3) is 0 Å². The van der Waals surface area contributed by atoms with Gasteiger partial charge in [0.1, 0.15) is 6.61 Å². The number of rotatable bonds is 5. The predicted molar refractivity (Wildman–Crippen MR) is 57.5 cm³/mol. The first kappa shape index (κ1) is 12.3. The molecule has 0 heterocycles. The van der Waals surface area contributed by atoms with Crippen LogP contribution in [0.15, 0.2) is 12.1 Å². The Morgan fingerprint density at radius 1 is 1.12 bits per heavy atom. The number of ether oxygens (including phenoxy) is 3. The average molecular weight is 226 g/mol. The Morgan fingerprint density at radius 2 is 1.62 bits per heavy atom. The van der Waals surface area contributed by atoms with E-state index in [0.717, 1.165) is 0 Å². The van der Waals surface area contributed by atoms with Gasteiger partial charge in [0.2, 0.25) is 5.75 Å². The summed E-state index contributed by atoms with van der Waals surface area (Å²) in [5, 5.41) is 8.78. The lowest BCUT2D eigenvalue weighted by Gasteiger charge is -2.13. The first-order valence-electron chi connectivity index (χ1n) is 4.62. The molecule has 0 saturated carbocycles. The fourth-order valence-electron chi connectivity index (χ4n) is 1.33. The Bertz CT molecular complexity index is 361. The summed E-state index contributed by atoms with van der Waals surface area (Å²) in [6.07, 6.45) is 0. The lowest BCUT2D eigenvalue weighted by molar-refractivity contribution is 0.0903. The maximum Gasteiger partial charge on any atom is 0.203 e. The normalized spacial score (nSPS) is 9.75. The molecule has 1 aromatic carbocycles. The zero-order chi connectivity index (χ0) is 12.1. The van der Waals surface area contributed by atoms with E-state index < -0.39 is 12.4 Å². The number of aliphatic hydroxyl groups is 1. The molecule has 5 heteroatoms. The maximum absolute atomic E-state index is 11.3. The van der Waals surface area contributed by atoms with Gasteiger partial charge in [0, 0.05) is 5.56 Å². The number of Topliss-reactive ketones (excluding diaryl/α,β-unsaturated/α-hetero) is 1. The standard InChI is InChI=1S/C11H14O5/c1-14-9-4-7(8(13)6-12)5-10(15-2)11(9)16-3/h4-5,12H,6H2,1-3H3. The highest BCUT2D eigenvalue weighted by Crippen LogP contribution is 2.38. The molecule has 1 aromatic rings. The third-order valence-corrected chi connectivity index (χ3v) is 2.13. The zero-order valence-electron chi connectivity index (χ0n) is 9.44. The van der Waals surface area contributed by atoms with Crippen molar-refractivity contribution in [3.8, 4) is 17.2 Å². The average Bonchev–Trinajstić information content (AvgIpc) is 2.35. The first-order chi connectivity index (χ1) is 7.67. The summed E-state index contributed by atoms with van der Waals surface area (Å²) in [4.78, 5) is 11.3. The van der Waals surface area contributed by atoms with Gasteiger partial charge in [-0.2, -0.15) is 0 Å². The van der Waals surface area contributed by atoms with Crippen LogP contribution in [0, 0.1) is 0 Å². The predicted octanol–water partition coefficient (Wildman–Crippen LogP) is 0.887. The highest BCUT2D eigenvalue weighted by molar-refractivity contribution is 5.98. The molecular weight excluding hydrogens is 212 g/mol. The second-order valence-corrected chi connectivity index (χ2v) is 3.00. The van der Waals surface area contributed by atoms with Gasteiger partial charge in [0.25, 0.3) is 0 Å². The highest BCUT2D eigenvalue weighted by Gasteiger charge is 2.16. The quantitative estimate of drug-likeness (QED) is 0.755. The monoisotopic (exact) mass is 226 g/mol. The van der Waals surface area contributed by atoms with Crippen LogP contribution in [0.1, 0.15) is 10.4 Å². The van der Waals surface area contributed by atoms with E-state index in [9.17, 15) is 4.79 Å². The van der Waals surface area contributed by atoms with Crippen molar-refractivity contribution in [1.29, 1.82) is 0 Å². The van der Waals surface area contributed by atoms with Gasteiger partial charge < -0.3 is 19.3 Å². The molecule has 0 aliphatic heterocycles. The van der Waals surface area contributed by atoms with Crippen molar-refractivity contribution >= 4 is 5.78 Å². The number of carbonyl (C=O) groups is 1. The summed E-state index contributed by atoms with van der Waals surface area (Å²) in [5.74, 6) is 0.788. The van der Waals surface area contributed by atoms with E-state index in [2.05, 4.69) is 0 Å². The maximum atomic E-state index is 11.3. The molecule has 0 aliphatic rings. The van der Waals surface area contributed by atoms with Crippen molar-refractivity contribution in [3.05, 3.63) is 17.7 Å². The molecule has 0 aliphatic carbocycles. The van der Waals surface area contributed by atoms with Gasteiger partial charge in [0.05, 0.1) is 21.3 Å². The number of aliphatic hydroxyl groups excluding tert-OH is 1. The molecule has 1 N–H and O–H groups in total. The molecule has 0 fully saturated rings. The van der Waals surface area contributed by atoms with Crippen LogP contribution in [-0.2, 0) is 0 Å². The van der Waals surface area contributed by atoms with Crippen LogP contribution >= 0.6 is 0 Å². The van der Waals surface area contributed by atoms with Crippen LogP contribution in [0.4, 0.5) is 0 Å². The molecule has 5 nitrogen and oxygen atoms in total. The first-order valence-corrected chi connectivity index (χ1v) is 4.62. The molecule has 1 rings (SSSR count). The fourth-order valence-corrected chi connectivity index (χ4v) is 1.33. The zero-order valence-corrected chi connectivity index (χ0v) is 9.44. The minimum atomic E-state index is -0.557. The lowest BCUT2D eigenvalue weighted by atomic mass is 10.1. The number of hydrogen-bond donors (Lipinski definition) is 1. The van der Waals surface area contributed by atoms with Crippen molar-refractivity contribution in [3.63, 3.8) is 0 Å². The summed E-state index contributed by atoms with van der Waals surface area (Å²) in [7, 11) is 4.41. The van der Waals surface area contributed by atoms with Gasteiger partial charge in [-0.15, -0.1) is 0 Å². The second kappa shape index (κ2) is 5.37. The largest absolute Gasteiger partial charge is 0.493 e. The van der Waals surface area contributed by atoms with Gasteiger partial charge in [0.15, 0.2) is 17.3 Å². The topological polar surface area (TPSA) is 65.0 Å². The number of benzene rings is 1. The Hall–Kier alpha value is -1.75. The fraction of sp³-hybridized carbons (Fsp3) is 0.364. The summed E-state index contributed by atoms with van der Waals surface area (Å²) in [5.41, 5.74) is 0.317. The lowest BCUT2D eigenvalue weighted by Crippen LogP contribution is -2.06. The van der Waals surface area contributed by atoms with Crippen molar-refractivity contribution in [2.45, 2.75) is 0 Å². The number of carbonyl (C=O) groups excluding carboxylic acids is 1. The van der Waals surface area contributed by atoms with E-state index in [1.54, 1.807) is 0 Å². The van der Waals surface area contributed by atoms with E-state index in [1.807, 2.05) is 0 Å². The van der Waals surface area contributed by atoms with Gasteiger partial charge in [-0.1, -0.05) is 0 Å². The van der Waals surface area contributed by atoms with Crippen molar-refractivity contribution in [1.82, 2.24) is 0 Å². The van der Waals surface area contributed by atoms with E-state index >= 15 is 0 Å². The number of hydrogen-bond acceptors (Lipinski definition) is 5. The minimum absolute atomic E-state index is 0.317. The van der Waals surface area contributed by atoms with Gasteiger partial charge in [-0.3, -0.25) is 4.79 Å². The summed E-state index contributed by atoms with van der Waals surface area (Å²) >= 11 is 0. The van der Waals surface area contributed by atoms with Gasteiger partial charge >= 0.3 is 0 Å². The molecule has 16 heavy (non-hydrogen) atoms. The van der Waals surface area contributed by atoms with E-state index in [0.29, 0.717) is 22.8 Å². The van der Waals surface area contributed by atoms with Crippen LogP contribution in [0.2, 0.25) is 0 Å². The Balaban J connectivity index is 3.31. The SMILES string of the molecule is COc1cc(C(=O)CO)cc(OC)c1OC. The summed E-state index contributed by atoms with van der Waals surface area (Å²) < 4.78 is 15.3. The van der Waals surface area contributed by atoms with Crippen molar-refractivity contribution < 1.29 is 24.1 Å². The van der Waals surface area contributed by atoms with Crippen LogP contribution in [0.5, 0.6) is 17.2 Å². The molecule has 0 saturated heterocycles. The van der Waals surface area contributed by atoms with E-state index in [1.165, 1.54) is 33.5 Å². The van der Waals surface area contributed by atoms with E-state index in [4.69, 9.17) is 19.3 Å². The van der Waals surface area contributed by atoms with Gasteiger partial charge in [-0.05, 0) is 12.1 Å². The number of methoxy groups -OCH3 is 3. The Kier molecular flexibility index (Phi) is 4.13.